The third-order valence-electron chi connectivity index (χ3n) is 3.73. The van der Waals surface area contributed by atoms with Crippen LogP contribution in [0.2, 0.25) is 0 Å². The molecule has 26 heavy (non-hydrogen) atoms. The average molecular weight is 360 g/mol. The predicted molar refractivity (Wildman–Crippen MR) is 91.6 cm³/mol. The third kappa shape index (κ3) is 4.08. The normalized spacial score (nSPS) is 11.4. The molecule has 0 spiro atoms. The second kappa shape index (κ2) is 6.99. The molecule has 0 radical (unpaired) electrons. The van der Waals surface area contributed by atoms with Crippen molar-refractivity contribution in [3.8, 4) is 0 Å². The molecule has 134 valence electrons. The van der Waals surface area contributed by atoms with Gasteiger partial charge in [-0.15, -0.1) is 0 Å². The van der Waals surface area contributed by atoms with Crippen molar-refractivity contribution in [3.05, 3.63) is 65.4 Å². The van der Waals surface area contributed by atoms with Crippen molar-refractivity contribution < 1.29 is 18.0 Å². The number of carbonyl (C=O) groups excluding carboxylic acids is 1. The van der Waals surface area contributed by atoms with Crippen molar-refractivity contribution in [2.45, 2.75) is 19.6 Å². The van der Waals surface area contributed by atoms with E-state index in [1.165, 1.54) is 12.1 Å². The first-order chi connectivity index (χ1) is 12.3. The number of rotatable bonds is 3. The minimum atomic E-state index is -4.38. The second-order valence-corrected chi connectivity index (χ2v) is 5.73. The van der Waals surface area contributed by atoms with E-state index in [4.69, 9.17) is 0 Å². The Balaban J connectivity index is 1.65. The van der Waals surface area contributed by atoms with Crippen LogP contribution >= 0.6 is 0 Å². The maximum Gasteiger partial charge on any atom is 0.416 e. The van der Waals surface area contributed by atoms with Gasteiger partial charge in [-0.2, -0.15) is 23.4 Å². The van der Waals surface area contributed by atoms with Gasteiger partial charge in [0, 0.05) is 11.9 Å². The highest BCUT2D eigenvalue weighted by atomic mass is 19.4. The lowest BCUT2D eigenvalue weighted by Crippen LogP contribution is -2.28. The fourth-order valence-corrected chi connectivity index (χ4v) is 2.43. The van der Waals surface area contributed by atoms with E-state index < -0.39 is 17.8 Å². The summed E-state index contributed by atoms with van der Waals surface area (Å²) in [5.74, 6) is 0. The van der Waals surface area contributed by atoms with Crippen LogP contribution in [-0.4, -0.2) is 16.2 Å². The maximum atomic E-state index is 12.5. The number of benzene rings is 2. The average Bonchev–Trinajstić information content (AvgIpc) is 2.60. The highest BCUT2D eigenvalue weighted by Crippen LogP contribution is 2.29. The van der Waals surface area contributed by atoms with Gasteiger partial charge >= 0.3 is 12.2 Å². The minimum Gasteiger partial charge on any atom is -0.334 e. The first-order valence-corrected chi connectivity index (χ1v) is 7.77. The Bertz CT molecular complexity index is 939. The molecule has 2 N–H and O–H groups in total. The summed E-state index contributed by atoms with van der Waals surface area (Å²) >= 11 is 0. The first-order valence-electron chi connectivity index (χ1n) is 7.77. The molecule has 0 atom stereocenters. The van der Waals surface area contributed by atoms with Crippen LogP contribution in [0.5, 0.6) is 0 Å². The maximum absolute atomic E-state index is 12.5. The number of urea groups is 1. The van der Waals surface area contributed by atoms with E-state index in [9.17, 15) is 18.0 Å². The van der Waals surface area contributed by atoms with Crippen LogP contribution in [0.15, 0.2) is 48.5 Å². The van der Waals surface area contributed by atoms with E-state index in [-0.39, 0.29) is 6.54 Å². The van der Waals surface area contributed by atoms with E-state index in [1.807, 2.05) is 6.07 Å². The Hall–Kier alpha value is -3.16. The van der Waals surface area contributed by atoms with Crippen LogP contribution < -0.4 is 10.6 Å². The van der Waals surface area contributed by atoms with Crippen molar-refractivity contribution in [1.82, 2.24) is 15.5 Å². The van der Waals surface area contributed by atoms with Gasteiger partial charge in [-0.1, -0.05) is 18.2 Å². The van der Waals surface area contributed by atoms with Crippen LogP contribution in [-0.2, 0) is 12.7 Å². The van der Waals surface area contributed by atoms with Crippen LogP contribution in [0.4, 0.5) is 23.7 Å². The number of fused-ring (bicyclic) bond motifs is 1. The van der Waals surface area contributed by atoms with E-state index >= 15 is 0 Å². The standard InChI is InChI=1S/C18H15F3N4O/c1-11-9-14-15(3-2-4-16(14)25-24-11)23-17(26)22-10-12-5-7-13(8-6-12)18(19,20)21/h2-9H,10H2,1H3,(H2,22,23,26). The molecular weight excluding hydrogens is 345 g/mol. The van der Waals surface area contributed by atoms with E-state index in [2.05, 4.69) is 20.8 Å². The Morgan fingerprint density at radius 1 is 1.08 bits per heavy atom. The van der Waals surface area contributed by atoms with Crippen molar-refractivity contribution in [2.75, 3.05) is 5.32 Å². The third-order valence-corrected chi connectivity index (χ3v) is 3.73. The number of nitrogens with zero attached hydrogens (tertiary/aromatic N) is 2. The molecule has 5 nitrogen and oxygen atoms in total. The fourth-order valence-electron chi connectivity index (χ4n) is 2.43. The van der Waals surface area contributed by atoms with Crippen LogP contribution in [0, 0.1) is 6.92 Å². The van der Waals surface area contributed by atoms with Crippen LogP contribution in [0.25, 0.3) is 10.9 Å². The molecular formula is C18H15F3N4O. The molecule has 1 aromatic heterocycles. The number of halogens is 3. The van der Waals surface area contributed by atoms with E-state index in [0.29, 0.717) is 16.8 Å². The van der Waals surface area contributed by atoms with Crippen molar-refractivity contribution in [1.29, 1.82) is 0 Å². The van der Waals surface area contributed by atoms with Gasteiger partial charge in [-0.05, 0) is 42.8 Å². The minimum absolute atomic E-state index is 0.105. The molecule has 0 unspecified atom stereocenters. The number of carbonyl (C=O) groups is 1. The molecule has 0 aliphatic heterocycles. The highest BCUT2D eigenvalue weighted by Gasteiger charge is 2.29. The van der Waals surface area contributed by atoms with Gasteiger partial charge in [0.25, 0.3) is 0 Å². The zero-order chi connectivity index (χ0) is 18.7. The Morgan fingerprint density at radius 3 is 2.50 bits per heavy atom. The molecule has 0 saturated heterocycles. The lowest BCUT2D eigenvalue weighted by molar-refractivity contribution is -0.137. The summed E-state index contributed by atoms with van der Waals surface area (Å²) in [6.07, 6.45) is -4.38. The largest absolute Gasteiger partial charge is 0.416 e. The van der Waals surface area contributed by atoms with Crippen molar-refractivity contribution >= 4 is 22.6 Å². The van der Waals surface area contributed by atoms with Crippen molar-refractivity contribution in [2.24, 2.45) is 0 Å². The highest BCUT2D eigenvalue weighted by molar-refractivity contribution is 6.00. The Labute approximate surface area is 147 Å². The molecule has 0 fully saturated rings. The zero-order valence-electron chi connectivity index (χ0n) is 13.8. The molecule has 0 bridgehead atoms. The molecule has 1 heterocycles. The summed E-state index contributed by atoms with van der Waals surface area (Å²) in [7, 11) is 0. The smallest absolute Gasteiger partial charge is 0.334 e. The predicted octanol–water partition coefficient (Wildman–Crippen LogP) is 4.28. The lowest BCUT2D eigenvalue weighted by atomic mass is 10.1. The molecule has 0 aliphatic carbocycles. The molecule has 2 amide bonds. The molecule has 3 aromatic rings. The van der Waals surface area contributed by atoms with Gasteiger partial charge < -0.3 is 10.6 Å². The number of aromatic nitrogens is 2. The summed E-state index contributed by atoms with van der Waals surface area (Å²) in [4.78, 5) is 12.1. The monoisotopic (exact) mass is 360 g/mol. The fraction of sp³-hybridized carbons (Fsp3) is 0.167. The number of aryl methyl sites for hydroxylation is 1. The molecule has 8 heteroatoms. The topological polar surface area (TPSA) is 66.9 Å². The number of alkyl halides is 3. The van der Waals surface area contributed by atoms with Gasteiger partial charge in [0.1, 0.15) is 0 Å². The van der Waals surface area contributed by atoms with Crippen molar-refractivity contribution in [3.63, 3.8) is 0 Å². The van der Waals surface area contributed by atoms with Crippen LogP contribution in [0.3, 0.4) is 0 Å². The lowest BCUT2D eigenvalue weighted by Gasteiger charge is -2.11. The summed E-state index contributed by atoms with van der Waals surface area (Å²) < 4.78 is 37.6. The van der Waals surface area contributed by atoms with Gasteiger partial charge in [0.15, 0.2) is 0 Å². The number of hydrogen-bond donors (Lipinski definition) is 2. The van der Waals surface area contributed by atoms with Gasteiger partial charge in [0.05, 0.1) is 22.5 Å². The quantitative estimate of drug-likeness (QED) is 0.733. The molecule has 0 aliphatic rings. The summed E-state index contributed by atoms with van der Waals surface area (Å²) in [6.45, 7) is 1.90. The molecule has 3 rings (SSSR count). The number of hydrogen-bond acceptors (Lipinski definition) is 3. The first kappa shape index (κ1) is 17.7. The van der Waals surface area contributed by atoms with Crippen LogP contribution in [0.1, 0.15) is 16.8 Å². The van der Waals surface area contributed by atoms with Gasteiger partial charge in [0.2, 0.25) is 0 Å². The summed E-state index contributed by atoms with van der Waals surface area (Å²) in [6, 6.07) is 11.3. The number of nitrogens with one attached hydrogen (secondary N) is 2. The molecule has 2 aromatic carbocycles. The second-order valence-electron chi connectivity index (χ2n) is 5.73. The van der Waals surface area contributed by atoms with E-state index in [1.54, 1.807) is 25.1 Å². The zero-order valence-corrected chi connectivity index (χ0v) is 13.8. The Kier molecular flexibility index (Phi) is 4.75. The van der Waals surface area contributed by atoms with Gasteiger partial charge in [-0.25, -0.2) is 4.79 Å². The van der Waals surface area contributed by atoms with Gasteiger partial charge in [-0.3, -0.25) is 0 Å². The summed E-state index contributed by atoms with van der Waals surface area (Å²) in [5, 5.41) is 14.1. The molecule has 0 saturated carbocycles. The Morgan fingerprint density at radius 2 is 1.81 bits per heavy atom. The number of anilines is 1. The SMILES string of the molecule is Cc1cc2c(NC(=O)NCc3ccc(C(F)(F)F)cc3)cccc2nn1. The summed E-state index contributed by atoms with van der Waals surface area (Å²) in [5.41, 5.74) is 1.78. The van der Waals surface area contributed by atoms with E-state index in [0.717, 1.165) is 23.2 Å². The number of amides is 2.